The van der Waals surface area contributed by atoms with E-state index in [9.17, 15) is 27.9 Å². The van der Waals surface area contributed by atoms with E-state index in [1.807, 2.05) is 31.2 Å². The SMILES string of the molecule is COc1nc(-c2cccc(-c3cccc(Nc4nc(C(F)(F)F)cc5cnn(C)c(=O)c45)c3C)c2Cl)cc2c1C(N1CCC3(CCN(CCO)C(=O)N3)C1)CC2. The van der Waals surface area contributed by atoms with Crippen molar-refractivity contribution < 1.29 is 27.8 Å². The lowest BCUT2D eigenvalue weighted by Gasteiger charge is -2.40. The maximum atomic E-state index is 13.9. The van der Waals surface area contributed by atoms with Crippen LogP contribution in [0.25, 0.3) is 33.2 Å². The van der Waals surface area contributed by atoms with Gasteiger partial charge in [0.2, 0.25) is 5.88 Å². The molecule has 2 atom stereocenters. The third kappa shape index (κ3) is 6.60. The summed E-state index contributed by atoms with van der Waals surface area (Å²) in [6.45, 7) is 4.23. The van der Waals surface area contributed by atoms with Gasteiger partial charge in [-0.15, -0.1) is 0 Å². The number of amides is 2. The molecule has 16 heteroatoms. The fourth-order valence-corrected chi connectivity index (χ4v) is 8.81. The Labute approximate surface area is 325 Å². The summed E-state index contributed by atoms with van der Waals surface area (Å²) >= 11 is 7.20. The smallest absolute Gasteiger partial charge is 0.433 e. The number of aliphatic hydroxyl groups is 1. The first-order chi connectivity index (χ1) is 26.8. The Kier molecular flexibility index (Phi) is 9.66. The number of urea groups is 1. The van der Waals surface area contributed by atoms with Gasteiger partial charge >= 0.3 is 12.2 Å². The van der Waals surface area contributed by atoms with Crippen molar-refractivity contribution in [2.45, 2.75) is 50.4 Å². The molecule has 2 amide bonds. The number of halogens is 4. The molecule has 0 bridgehead atoms. The number of hydrogen-bond acceptors (Lipinski definition) is 9. The van der Waals surface area contributed by atoms with Gasteiger partial charge in [-0.05, 0) is 67.5 Å². The zero-order chi connectivity index (χ0) is 39.5. The number of aryl methyl sites for hydroxylation is 2. The molecule has 0 saturated carbocycles. The average Bonchev–Trinajstić information content (AvgIpc) is 3.79. The van der Waals surface area contributed by atoms with Gasteiger partial charge in [0.1, 0.15) is 11.5 Å². The Hall–Kier alpha value is -5.25. The van der Waals surface area contributed by atoms with Crippen LogP contribution in [0.2, 0.25) is 5.02 Å². The van der Waals surface area contributed by atoms with E-state index in [1.54, 1.807) is 24.1 Å². The molecule has 292 valence electrons. The maximum Gasteiger partial charge on any atom is 0.433 e. The molecule has 5 heterocycles. The van der Waals surface area contributed by atoms with Crippen LogP contribution in [0.15, 0.2) is 59.5 Å². The number of carbonyl (C=O) groups is 1. The van der Waals surface area contributed by atoms with Crippen molar-refractivity contribution in [2.75, 3.05) is 45.2 Å². The number of alkyl halides is 3. The Morgan fingerprint density at radius 2 is 1.82 bits per heavy atom. The van der Waals surface area contributed by atoms with Crippen LogP contribution in [0.5, 0.6) is 5.88 Å². The maximum absolute atomic E-state index is 13.9. The van der Waals surface area contributed by atoms with Gasteiger partial charge in [0.25, 0.3) is 5.56 Å². The lowest BCUT2D eigenvalue weighted by molar-refractivity contribution is -0.141. The molecule has 3 aromatic heterocycles. The summed E-state index contributed by atoms with van der Waals surface area (Å²) in [4.78, 5) is 38.8. The van der Waals surface area contributed by atoms with Crippen LogP contribution in [0, 0.1) is 6.92 Å². The second-order valence-corrected chi connectivity index (χ2v) is 15.1. The lowest BCUT2D eigenvalue weighted by Crippen LogP contribution is -2.61. The van der Waals surface area contributed by atoms with Crippen molar-refractivity contribution in [2.24, 2.45) is 7.05 Å². The van der Waals surface area contributed by atoms with Crippen LogP contribution in [-0.4, -0.2) is 86.1 Å². The molecule has 1 aliphatic carbocycles. The number of rotatable bonds is 8. The molecule has 12 nitrogen and oxygen atoms in total. The van der Waals surface area contributed by atoms with E-state index in [0.717, 1.165) is 66.2 Å². The summed E-state index contributed by atoms with van der Waals surface area (Å²) < 4.78 is 48.6. The quantitative estimate of drug-likeness (QED) is 0.158. The number of ether oxygens (including phenoxy) is 1. The van der Waals surface area contributed by atoms with Gasteiger partial charge in [0.15, 0.2) is 0 Å². The third-order valence-corrected chi connectivity index (χ3v) is 11.8. The molecule has 2 unspecified atom stereocenters. The number of methoxy groups -OCH3 is 1. The first-order valence-corrected chi connectivity index (χ1v) is 18.8. The Morgan fingerprint density at radius 1 is 1.07 bits per heavy atom. The van der Waals surface area contributed by atoms with Crippen LogP contribution in [0.1, 0.15) is 47.7 Å². The third-order valence-electron chi connectivity index (χ3n) is 11.4. The first kappa shape index (κ1) is 37.7. The number of nitrogens with one attached hydrogen (secondary N) is 2. The number of hydrogen-bond donors (Lipinski definition) is 3. The predicted molar refractivity (Wildman–Crippen MR) is 206 cm³/mol. The molecular formula is C40H40ClF3N8O4. The largest absolute Gasteiger partial charge is 0.481 e. The van der Waals surface area contributed by atoms with E-state index in [2.05, 4.69) is 31.7 Å². The molecular weight excluding hydrogens is 749 g/mol. The van der Waals surface area contributed by atoms with Gasteiger partial charge in [-0.3, -0.25) is 9.69 Å². The topological polar surface area (TPSA) is 138 Å². The van der Waals surface area contributed by atoms with Crippen LogP contribution >= 0.6 is 11.6 Å². The van der Waals surface area contributed by atoms with Crippen molar-refractivity contribution in [3.05, 3.63) is 92.5 Å². The summed E-state index contributed by atoms with van der Waals surface area (Å²) in [5.74, 6) is 0.289. The second-order valence-electron chi connectivity index (χ2n) is 14.7. The van der Waals surface area contributed by atoms with Crippen molar-refractivity contribution in [3.8, 4) is 28.3 Å². The Morgan fingerprint density at radius 3 is 2.57 bits per heavy atom. The van der Waals surface area contributed by atoms with Gasteiger partial charge in [0.05, 0.1) is 41.6 Å². The number of benzene rings is 2. The zero-order valence-electron chi connectivity index (χ0n) is 31.0. The number of carbonyl (C=O) groups excluding carboxylic acids is 1. The molecule has 8 rings (SSSR count). The van der Waals surface area contributed by atoms with E-state index in [1.165, 1.54) is 13.2 Å². The molecule has 2 aromatic carbocycles. The highest BCUT2D eigenvalue weighted by atomic mass is 35.5. The fraction of sp³-hybridized carbons (Fsp3) is 0.375. The highest BCUT2D eigenvalue weighted by Crippen LogP contribution is 2.47. The molecule has 5 aromatic rings. The van der Waals surface area contributed by atoms with Crippen LogP contribution < -0.4 is 20.9 Å². The highest BCUT2D eigenvalue weighted by Gasteiger charge is 2.46. The molecule has 56 heavy (non-hydrogen) atoms. The fourth-order valence-electron chi connectivity index (χ4n) is 8.49. The number of fused-ring (bicyclic) bond motifs is 2. The minimum Gasteiger partial charge on any atom is -0.481 e. The van der Waals surface area contributed by atoms with E-state index in [4.69, 9.17) is 21.3 Å². The van der Waals surface area contributed by atoms with Gasteiger partial charge < -0.3 is 25.4 Å². The standard InChI is InChI=1S/C40H40ClF3N8O4/c1-22-25(6-5-9-28(22)46-35-33-24(20-45-50(2)37(33)54)19-31(48-35)40(42,43)44)26-7-4-8-27(34(26)41)29-18-23-10-11-30(32(23)36(47-29)56-3)52-15-13-39(21-52)12-14-51(16-17-53)38(55)49-39/h4-9,18-20,30,53H,10-17,21H2,1-3H3,(H,46,48)(H,49,55). The number of pyridine rings is 2. The van der Waals surface area contributed by atoms with Crippen molar-refractivity contribution in [1.82, 2.24) is 34.9 Å². The normalized spacial score (nSPS) is 19.8. The number of nitrogens with zero attached hydrogens (tertiary/aromatic N) is 6. The van der Waals surface area contributed by atoms with Crippen LogP contribution in [0.4, 0.5) is 29.5 Å². The van der Waals surface area contributed by atoms with Gasteiger partial charge in [-0.2, -0.15) is 18.3 Å². The van der Waals surface area contributed by atoms with Gasteiger partial charge in [-0.25, -0.2) is 19.4 Å². The Bertz CT molecular complexity index is 2440. The molecule has 3 N–H and O–H groups in total. The predicted octanol–water partition coefficient (Wildman–Crippen LogP) is 6.63. The summed E-state index contributed by atoms with van der Waals surface area (Å²) in [7, 11) is 3.03. The summed E-state index contributed by atoms with van der Waals surface area (Å²) in [5.41, 5.74) is 3.96. The monoisotopic (exact) mass is 788 g/mol. The first-order valence-electron chi connectivity index (χ1n) is 18.4. The molecule has 2 saturated heterocycles. The summed E-state index contributed by atoms with van der Waals surface area (Å²) in [6, 6.07) is 13.8. The van der Waals surface area contributed by atoms with E-state index < -0.39 is 17.4 Å². The van der Waals surface area contributed by atoms with E-state index >= 15 is 0 Å². The number of β-amino-alcohol motifs (C(OH)–C–C–N with tert-alkyl or cyclic N) is 1. The zero-order valence-corrected chi connectivity index (χ0v) is 31.8. The molecule has 3 aliphatic rings. The summed E-state index contributed by atoms with van der Waals surface area (Å²) in [6.07, 6.45) is -0.193. The van der Waals surface area contributed by atoms with Crippen molar-refractivity contribution in [1.29, 1.82) is 0 Å². The Balaban J connectivity index is 1.10. The van der Waals surface area contributed by atoms with E-state index in [0.29, 0.717) is 52.1 Å². The number of aliphatic hydroxyl groups excluding tert-OH is 1. The number of likely N-dealkylation sites (tertiary alicyclic amines) is 1. The molecule has 2 fully saturated rings. The van der Waals surface area contributed by atoms with Gasteiger partial charge in [0, 0.05) is 67.0 Å². The molecule has 2 aliphatic heterocycles. The molecule has 0 radical (unpaired) electrons. The van der Waals surface area contributed by atoms with Crippen molar-refractivity contribution in [3.63, 3.8) is 0 Å². The highest BCUT2D eigenvalue weighted by molar-refractivity contribution is 6.36. The minimum atomic E-state index is -4.75. The lowest BCUT2D eigenvalue weighted by atomic mass is 9.92. The molecule has 1 spiro atoms. The minimum absolute atomic E-state index is 0.0134. The van der Waals surface area contributed by atoms with Crippen LogP contribution in [-0.2, 0) is 19.6 Å². The van der Waals surface area contributed by atoms with Crippen LogP contribution in [0.3, 0.4) is 0 Å². The number of anilines is 2. The van der Waals surface area contributed by atoms with Crippen molar-refractivity contribution >= 4 is 39.9 Å². The number of aromatic nitrogens is 4. The average molecular weight is 789 g/mol. The second kappa shape index (κ2) is 14.4. The van der Waals surface area contributed by atoms with E-state index in [-0.39, 0.29) is 40.8 Å². The van der Waals surface area contributed by atoms with Gasteiger partial charge in [-0.1, -0.05) is 41.9 Å². The summed E-state index contributed by atoms with van der Waals surface area (Å²) in [5, 5.41) is 19.9.